The van der Waals surface area contributed by atoms with Crippen LogP contribution in [0.1, 0.15) is 24.8 Å². The van der Waals surface area contributed by atoms with E-state index in [1.807, 2.05) is 6.07 Å². The minimum atomic E-state index is -3.40. The van der Waals surface area contributed by atoms with Crippen molar-refractivity contribution in [3.63, 3.8) is 0 Å². The van der Waals surface area contributed by atoms with Gasteiger partial charge in [-0.15, -0.1) is 0 Å². The molecule has 1 saturated heterocycles. The lowest BCUT2D eigenvalue weighted by molar-refractivity contribution is 0.567. The summed E-state index contributed by atoms with van der Waals surface area (Å²) in [6.07, 6.45) is 3.36. The molecule has 1 fully saturated rings. The fourth-order valence-electron chi connectivity index (χ4n) is 2.59. The fourth-order valence-corrected chi connectivity index (χ4v) is 3.84. The van der Waals surface area contributed by atoms with Crippen LogP contribution < -0.4 is 10.0 Å². The first-order valence-electron chi connectivity index (χ1n) is 6.57. The minimum absolute atomic E-state index is 0.327. The number of nitrogens with zero attached hydrogens (tertiary/aromatic N) is 1. The van der Waals surface area contributed by atoms with Crippen molar-refractivity contribution < 1.29 is 8.42 Å². The highest BCUT2D eigenvalue weighted by Crippen LogP contribution is 2.22. The largest absolute Gasteiger partial charge is 0.314 e. The zero-order valence-electron chi connectivity index (χ0n) is 10.6. The summed E-state index contributed by atoms with van der Waals surface area (Å²) in [6.45, 7) is 1.72. The molecule has 102 valence electrons. The van der Waals surface area contributed by atoms with Gasteiger partial charge in [-0.05, 0) is 37.9 Å². The first-order valence-corrected chi connectivity index (χ1v) is 8.05. The molecule has 2 heterocycles. The predicted octanol–water partition coefficient (Wildman–Crippen LogP) is 0.867. The third-order valence-electron chi connectivity index (χ3n) is 3.57. The van der Waals surface area contributed by atoms with Crippen LogP contribution in [0, 0.1) is 0 Å². The maximum atomic E-state index is 11.9. The average Bonchev–Trinajstić information content (AvgIpc) is 2.98. The number of hydrogen-bond acceptors (Lipinski definition) is 4. The highest BCUT2D eigenvalue weighted by molar-refractivity contribution is 7.90. The normalized spacial score (nSPS) is 26.3. The maximum Gasteiger partial charge on any atom is 0.263 e. The highest BCUT2D eigenvalue weighted by Gasteiger charge is 2.29. The fraction of sp³-hybridized carbons (Fsp3) is 0.462. The molecule has 2 aliphatic heterocycles. The molecule has 1 aromatic carbocycles. The van der Waals surface area contributed by atoms with Gasteiger partial charge in [-0.1, -0.05) is 12.1 Å². The van der Waals surface area contributed by atoms with E-state index >= 15 is 0 Å². The van der Waals surface area contributed by atoms with Crippen LogP contribution in [0.2, 0.25) is 0 Å². The number of rotatable bonds is 3. The summed E-state index contributed by atoms with van der Waals surface area (Å²) in [6, 6.07) is 7.48. The Morgan fingerprint density at radius 1 is 1.32 bits per heavy atom. The molecule has 0 aromatic heterocycles. The average molecular weight is 279 g/mol. The van der Waals surface area contributed by atoms with E-state index in [0.29, 0.717) is 28.9 Å². The monoisotopic (exact) mass is 279 g/mol. The summed E-state index contributed by atoms with van der Waals surface area (Å²) < 4.78 is 26.3. The van der Waals surface area contributed by atoms with E-state index in [1.165, 1.54) is 12.8 Å². The van der Waals surface area contributed by atoms with E-state index in [2.05, 4.69) is 15.0 Å². The van der Waals surface area contributed by atoms with Gasteiger partial charge in [-0.3, -0.25) is 9.71 Å². The van der Waals surface area contributed by atoms with Crippen LogP contribution >= 0.6 is 0 Å². The number of hydrogen-bond donors (Lipinski definition) is 2. The maximum absolute atomic E-state index is 11.9. The molecule has 0 aliphatic carbocycles. The summed E-state index contributed by atoms with van der Waals surface area (Å²) >= 11 is 0. The van der Waals surface area contributed by atoms with Gasteiger partial charge in [0.1, 0.15) is 5.84 Å². The Hall–Kier alpha value is -1.40. The van der Waals surface area contributed by atoms with Crippen LogP contribution in [0.15, 0.2) is 34.2 Å². The minimum Gasteiger partial charge on any atom is -0.314 e. The van der Waals surface area contributed by atoms with Crippen molar-refractivity contribution in [3.8, 4) is 0 Å². The van der Waals surface area contributed by atoms with Crippen LogP contribution in [-0.2, 0) is 10.0 Å². The van der Waals surface area contributed by atoms with Crippen molar-refractivity contribution in [1.29, 1.82) is 0 Å². The standard InChI is InChI=1S/C13H17N3O2S/c17-19(18)12-6-2-1-5-11(12)13(16-19)15-9-7-10-4-3-8-14-10/h1-2,5-6,10,14H,3-4,7-9H2,(H,15,16). The van der Waals surface area contributed by atoms with E-state index in [4.69, 9.17) is 0 Å². The van der Waals surface area contributed by atoms with Crippen molar-refractivity contribution in [2.24, 2.45) is 4.99 Å². The second kappa shape index (κ2) is 4.94. The van der Waals surface area contributed by atoms with Gasteiger partial charge in [-0.25, -0.2) is 8.42 Å². The third-order valence-corrected chi connectivity index (χ3v) is 4.97. The lowest BCUT2D eigenvalue weighted by atomic mass is 10.1. The molecule has 1 atom stereocenters. The van der Waals surface area contributed by atoms with Crippen molar-refractivity contribution in [1.82, 2.24) is 10.0 Å². The van der Waals surface area contributed by atoms with Crippen LogP contribution in [0.25, 0.3) is 0 Å². The van der Waals surface area contributed by atoms with E-state index in [-0.39, 0.29) is 0 Å². The lowest BCUT2D eigenvalue weighted by Crippen LogP contribution is -2.24. The Balaban J connectivity index is 1.75. The van der Waals surface area contributed by atoms with Crippen LogP contribution in [-0.4, -0.2) is 33.4 Å². The molecule has 0 amide bonds. The zero-order valence-corrected chi connectivity index (χ0v) is 11.4. The van der Waals surface area contributed by atoms with Gasteiger partial charge in [0.05, 0.1) is 4.90 Å². The first kappa shape index (κ1) is 12.6. The number of amidine groups is 1. The Bertz CT molecular complexity index is 604. The molecule has 0 spiro atoms. The van der Waals surface area contributed by atoms with E-state index < -0.39 is 10.0 Å². The summed E-state index contributed by atoms with van der Waals surface area (Å²) in [5, 5.41) is 3.41. The lowest BCUT2D eigenvalue weighted by Gasteiger charge is -2.07. The second-order valence-corrected chi connectivity index (χ2v) is 6.56. The summed E-state index contributed by atoms with van der Waals surface area (Å²) in [4.78, 5) is 4.74. The SMILES string of the molecule is O=S1(=O)NC(=NCCC2CCCN2)c2ccccc21. The van der Waals surface area contributed by atoms with Crippen molar-refractivity contribution in [2.75, 3.05) is 13.1 Å². The van der Waals surface area contributed by atoms with Gasteiger partial charge in [0.2, 0.25) is 0 Å². The van der Waals surface area contributed by atoms with E-state index in [9.17, 15) is 8.42 Å². The summed E-state index contributed by atoms with van der Waals surface area (Å²) in [5.74, 6) is 0.480. The number of aliphatic imine (C=N–C) groups is 1. The van der Waals surface area contributed by atoms with Gasteiger partial charge in [0.15, 0.2) is 0 Å². The zero-order chi connectivity index (χ0) is 13.3. The first-order chi connectivity index (χ1) is 9.17. The molecule has 19 heavy (non-hydrogen) atoms. The highest BCUT2D eigenvalue weighted by atomic mass is 32.2. The number of fused-ring (bicyclic) bond motifs is 1. The van der Waals surface area contributed by atoms with Gasteiger partial charge in [0, 0.05) is 18.2 Å². The smallest absolute Gasteiger partial charge is 0.263 e. The van der Waals surface area contributed by atoms with E-state index in [1.54, 1.807) is 18.2 Å². The second-order valence-electron chi connectivity index (χ2n) is 4.91. The van der Waals surface area contributed by atoms with Crippen LogP contribution in [0.5, 0.6) is 0 Å². The predicted molar refractivity (Wildman–Crippen MR) is 73.8 cm³/mol. The van der Waals surface area contributed by atoms with Gasteiger partial charge >= 0.3 is 0 Å². The Labute approximate surface area is 113 Å². The Morgan fingerprint density at radius 3 is 2.95 bits per heavy atom. The Morgan fingerprint density at radius 2 is 2.16 bits per heavy atom. The third kappa shape index (κ3) is 2.50. The molecule has 0 radical (unpaired) electrons. The van der Waals surface area contributed by atoms with E-state index in [0.717, 1.165) is 13.0 Å². The molecule has 2 N–H and O–H groups in total. The van der Waals surface area contributed by atoms with Crippen molar-refractivity contribution in [3.05, 3.63) is 29.8 Å². The molecule has 2 aliphatic rings. The molecule has 1 unspecified atom stereocenters. The van der Waals surface area contributed by atoms with Gasteiger partial charge in [0.25, 0.3) is 10.0 Å². The number of nitrogens with one attached hydrogen (secondary N) is 2. The van der Waals surface area contributed by atoms with Gasteiger partial charge < -0.3 is 5.32 Å². The van der Waals surface area contributed by atoms with Crippen molar-refractivity contribution >= 4 is 15.9 Å². The molecule has 3 rings (SSSR count). The number of sulfonamides is 1. The summed E-state index contributed by atoms with van der Waals surface area (Å²) in [7, 11) is -3.40. The molecule has 0 bridgehead atoms. The quantitative estimate of drug-likeness (QED) is 0.862. The van der Waals surface area contributed by atoms with Crippen LogP contribution in [0.3, 0.4) is 0 Å². The molecule has 1 aromatic rings. The van der Waals surface area contributed by atoms with Crippen molar-refractivity contribution in [2.45, 2.75) is 30.2 Å². The topological polar surface area (TPSA) is 70.6 Å². The molecular formula is C13H17N3O2S. The van der Waals surface area contributed by atoms with Crippen LogP contribution in [0.4, 0.5) is 0 Å². The Kier molecular flexibility index (Phi) is 3.28. The molecule has 5 nitrogen and oxygen atoms in total. The number of benzene rings is 1. The molecule has 0 saturated carbocycles. The molecular weight excluding hydrogens is 262 g/mol. The molecule has 6 heteroatoms. The summed E-state index contributed by atoms with van der Waals surface area (Å²) in [5.41, 5.74) is 0.682. The van der Waals surface area contributed by atoms with Gasteiger partial charge in [-0.2, -0.15) is 0 Å².